The normalized spacial score (nSPS) is 10.5. The first-order valence-electron chi connectivity index (χ1n) is 5.39. The molecule has 0 heterocycles. The van der Waals surface area contributed by atoms with Crippen LogP contribution in [0.4, 0.5) is 0 Å². The number of halogens is 2. The fraction of sp³-hybridized carbons (Fsp3) is 0.500. The van der Waals surface area contributed by atoms with Crippen molar-refractivity contribution in [3.63, 3.8) is 0 Å². The standard InChI is InChI=1S/C8H14BrNO.C4H5BrO2/c1-7(2)6-10-8(11)4-3-5-9;5-3-1-2-4(6)7/h3-4,7H,5-6H2,1-2H3,(H,10,11);1-2H,3H2,(H,6,7)/b;2-1+. The molecule has 0 unspecified atom stereocenters. The van der Waals surface area contributed by atoms with Crippen LogP contribution in [0.2, 0.25) is 0 Å². The fourth-order valence-corrected chi connectivity index (χ4v) is 1.03. The molecule has 0 saturated heterocycles. The third kappa shape index (κ3) is 20.8. The van der Waals surface area contributed by atoms with Crippen molar-refractivity contribution in [2.75, 3.05) is 17.2 Å². The Morgan fingerprint density at radius 3 is 2.00 bits per heavy atom. The molecular weight excluding hydrogens is 366 g/mol. The highest BCUT2D eigenvalue weighted by Gasteiger charge is 1.95. The molecule has 18 heavy (non-hydrogen) atoms. The maximum atomic E-state index is 10.9. The number of hydrogen-bond acceptors (Lipinski definition) is 2. The third-order valence-corrected chi connectivity index (χ3v) is 2.14. The van der Waals surface area contributed by atoms with Crippen LogP contribution in [-0.4, -0.2) is 34.2 Å². The zero-order valence-electron chi connectivity index (χ0n) is 10.5. The van der Waals surface area contributed by atoms with E-state index in [1.54, 1.807) is 6.08 Å². The minimum absolute atomic E-state index is 0.0156. The van der Waals surface area contributed by atoms with Crippen molar-refractivity contribution in [3.8, 4) is 0 Å². The number of nitrogens with one attached hydrogen (secondary N) is 1. The maximum Gasteiger partial charge on any atom is 0.328 e. The lowest BCUT2D eigenvalue weighted by Gasteiger charge is -2.03. The van der Waals surface area contributed by atoms with Gasteiger partial charge >= 0.3 is 5.97 Å². The number of allylic oxidation sites excluding steroid dienone is 2. The van der Waals surface area contributed by atoms with Gasteiger partial charge in [-0.05, 0) is 12.0 Å². The Labute approximate surface area is 125 Å². The molecule has 0 atom stereocenters. The second-order valence-electron chi connectivity index (χ2n) is 3.59. The van der Waals surface area contributed by atoms with Gasteiger partial charge in [0.1, 0.15) is 0 Å². The van der Waals surface area contributed by atoms with E-state index in [-0.39, 0.29) is 5.91 Å². The molecule has 0 fully saturated rings. The van der Waals surface area contributed by atoms with Crippen LogP contribution < -0.4 is 5.32 Å². The van der Waals surface area contributed by atoms with Crippen molar-refractivity contribution in [2.24, 2.45) is 5.92 Å². The molecule has 0 radical (unpaired) electrons. The van der Waals surface area contributed by atoms with E-state index < -0.39 is 5.97 Å². The summed E-state index contributed by atoms with van der Waals surface area (Å²) in [5, 5.41) is 12.0. The van der Waals surface area contributed by atoms with Crippen molar-refractivity contribution in [1.82, 2.24) is 5.32 Å². The van der Waals surface area contributed by atoms with Gasteiger partial charge in [-0.3, -0.25) is 4.79 Å². The number of hydrogen-bond donors (Lipinski definition) is 2. The molecular formula is C12H19Br2NO3. The summed E-state index contributed by atoms with van der Waals surface area (Å²) in [5.41, 5.74) is 0. The van der Waals surface area contributed by atoms with Gasteiger partial charge in [0, 0.05) is 23.3 Å². The molecule has 0 aromatic heterocycles. The Kier molecular flexibility index (Phi) is 15.8. The Morgan fingerprint density at radius 2 is 1.67 bits per heavy atom. The van der Waals surface area contributed by atoms with Gasteiger partial charge in [0.25, 0.3) is 0 Å². The third-order valence-electron chi connectivity index (χ3n) is 1.39. The number of alkyl halides is 2. The van der Waals surface area contributed by atoms with Gasteiger partial charge in [0.2, 0.25) is 5.91 Å². The van der Waals surface area contributed by atoms with Crippen molar-refractivity contribution in [3.05, 3.63) is 24.3 Å². The summed E-state index contributed by atoms with van der Waals surface area (Å²) in [7, 11) is 0. The van der Waals surface area contributed by atoms with Gasteiger partial charge in [-0.1, -0.05) is 57.9 Å². The molecule has 0 saturated carbocycles. The summed E-state index contributed by atoms with van der Waals surface area (Å²) >= 11 is 6.22. The van der Waals surface area contributed by atoms with E-state index in [4.69, 9.17) is 5.11 Å². The molecule has 104 valence electrons. The summed E-state index contributed by atoms with van der Waals surface area (Å²) in [6, 6.07) is 0. The van der Waals surface area contributed by atoms with Crippen LogP contribution in [0.1, 0.15) is 13.8 Å². The van der Waals surface area contributed by atoms with Crippen LogP contribution >= 0.6 is 31.9 Å². The molecule has 0 aromatic carbocycles. The number of carboxylic acids is 1. The molecule has 0 spiro atoms. The van der Waals surface area contributed by atoms with Gasteiger partial charge in [-0.15, -0.1) is 0 Å². The van der Waals surface area contributed by atoms with Crippen molar-refractivity contribution >= 4 is 43.7 Å². The van der Waals surface area contributed by atoms with E-state index in [1.165, 1.54) is 12.2 Å². The molecule has 6 heteroatoms. The molecule has 0 aliphatic heterocycles. The Morgan fingerprint density at radius 1 is 1.17 bits per heavy atom. The molecule has 0 aromatic rings. The lowest BCUT2D eigenvalue weighted by atomic mass is 10.2. The second kappa shape index (κ2) is 14.4. The van der Waals surface area contributed by atoms with Gasteiger partial charge in [-0.25, -0.2) is 4.79 Å². The van der Waals surface area contributed by atoms with Gasteiger partial charge in [0.15, 0.2) is 0 Å². The van der Waals surface area contributed by atoms with Crippen molar-refractivity contribution < 1.29 is 14.7 Å². The van der Waals surface area contributed by atoms with Gasteiger partial charge in [0.05, 0.1) is 0 Å². The smallest absolute Gasteiger partial charge is 0.328 e. The zero-order chi connectivity index (χ0) is 14.4. The summed E-state index contributed by atoms with van der Waals surface area (Å²) in [5.74, 6) is -0.408. The lowest BCUT2D eigenvalue weighted by Crippen LogP contribution is -2.25. The molecule has 2 N–H and O–H groups in total. The zero-order valence-corrected chi connectivity index (χ0v) is 13.7. The number of carboxylic acid groups (broad SMARTS) is 1. The minimum Gasteiger partial charge on any atom is -0.478 e. The van der Waals surface area contributed by atoms with E-state index in [2.05, 4.69) is 51.0 Å². The van der Waals surface area contributed by atoms with Crippen LogP contribution in [0.25, 0.3) is 0 Å². The SMILES string of the molecule is CC(C)CNC(=O)C=CCBr.O=C(O)/C=C/CBr. The first kappa shape index (κ1) is 19.7. The average molecular weight is 385 g/mol. The maximum absolute atomic E-state index is 10.9. The van der Waals surface area contributed by atoms with E-state index in [1.807, 2.05) is 0 Å². The lowest BCUT2D eigenvalue weighted by molar-refractivity contribution is -0.131. The van der Waals surface area contributed by atoms with E-state index in [9.17, 15) is 9.59 Å². The van der Waals surface area contributed by atoms with Crippen molar-refractivity contribution in [1.29, 1.82) is 0 Å². The molecule has 0 aliphatic carbocycles. The summed E-state index contributed by atoms with van der Waals surface area (Å²) < 4.78 is 0. The number of amides is 1. The number of aliphatic carboxylic acids is 1. The fourth-order valence-electron chi connectivity index (χ4n) is 0.661. The van der Waals surface area contributed by atoms with Crippen LogP contribution in [0.3, 0.4) is 0 Å². The summed E-state index contributed by atoms with van der Waals surface area (Å²) in [6.07, 6.45) is 5.92. The van der Waals surface area contributed by atoms with Crippen LogP contribution in [-0.2, 0) is 9.59 Å². The highest BCUT2D eigenvalue weighted by atomic mass is 79.9. The molecule has 4 nitrogen and oxygen atoms in total. The average Bonchev–Trinajstić information content (AvgIpc) is 2.31. The monoisotopic (exact) mass is 383 g/mol. The number of rotatable bonds is 6. The molecule has 0 bridgehead atoms. The Hall–Kier alpha value is -0.620. The topological polar surface area (TPSA) is 66.4 Å². The predicted molar refractivity (Wildman–Crippen MR) is 81.4 cm³/mol. The van der Waals surface area contributed by atoms with Crippen LogP contribution in [0.15, 0.2) is 24.3 Å². The largest absolute Gasteiger partial charge is 0.478 e. The first-order valence-corrected chi connectivity index (χ1v) is 7.64. The Bertz CT molecular complexity index is 289. The van der Waals surface area contributed by atoms with Gasteiger partial charge in [-0.2, -0.15) is 0 Å². The molecule has 0 rings (SSSR count). The molecule has 1 amide bonds. The van der Waals surface area contributed by atoms with E-state index in [0.717, 1.165) is 18.0 Å². The highest BCUT2D eigenvalue weighted by Crippen LogP contribution is 1.87. The first-order chi connectivity index (χ1) is 8.43. The predicted octanol–water partition coefficient (Wildman–Crippen LogP) is 2.73. The summed E-state index contributed by atoms with van der Waals surface area (Å²) in [6.45, 7) is 4.87. The van der Waals surface area contributed by atoms with Crippen molar-refractivity contribution in [2.45, 2.75) is 13.8 Å². The number of carbonyl (C=O) groups is 2. The highest BCUT2D eigenvalue weighted by molar-refractivity contribution is 9.09. The van der Waals surface area contributed by atoms with E-state index >= 15 is 0 Å². The van der Waals surface area contributed by atoms with Gasteiger partial charge < -0.3 is 10.4 Å². The van der Waals surface area contributed by atoms with E-state index in [0.29, 0.717) is 11.2 Å². The number of carbonyl (C=O) groups excluding carboxylic acids is 1. The molecule has 0 aliphatic rings. The minimum atomic E-state index is -0.903. The quantitative estimate of drug-likeness (QED) is 0.546. The Balaban J connectivity index is 0. The van der Waals surface area contributed by atoms with Crippen LogP contribution in [0.5, 0.6) is 0 Å². The van der Waals surface area contributed by atoms with Crippen LogP contribution in [0, 0.1) is 5.92 Å². The second-order valence-corrected chi connectivity index (χ2v) is 4.89. The summed E-state index contributed by atoms with van der Waals surface area (Å²) in [4.78, 5) is 20.5.